The average Bonchev–Trinajstić information content (AvgIpc) is 2.26. The Hall–Kier alpha value is -1.19. The highest BCUT2D eigenvalue weighted by Gasteiger charge is 2.10. The predicted octanol–water partition coefficient (Wildman–Crippen LogP) is 3.49. The molecule has 0 spiro atoms. The van der Waals surface area contributed by atoms with Crippen molar-refractivity contribution in [2.75, 3.05) is 7.11 Å². The van der Waals surface area contributed by atoms with Gasteiger partial charge in [-0.1, -0.05) is 29.8 Å². The van der Waals surface area contributed by atoms with Crippen LogP contribution >= 0.6 is 11.6 Å². The van der Waals surface area contributed by atoms with E-state index in [4.69, 9.17) is 16.3 Å². The molecule has 92 valence electrons. The lowest BCUT2D eigenvalue weighted by molar-refractivity contribution is -0.126. The number of rotatable bonds is 5. The summed E-state index contributed by atoms with van der Waals surface area (Å²) in [5, 5.41) is 0.359. The van der Waals surface area contributed by atoms with Crippen LogP contribution in [-0.2, 0) is 9.53 Å². The maximum atomic E-state index is 13.4. The Kier molecular flexibility index (Phi) is 5.32. The number of methoxy groups -OCH3 is 1. The molecule has 0 aliphatic rings. The quantitative estimate of drug-likeness (QED) is 0.806. The predicted molar refractivity (Wildman–Crippen MR) is 66.5 cm³/mol. The summed E-state index contributed by atoms with van der Waals surface area (Å²) in [6.07, 6.45) is 3.28. The molecule has 0 saturated carbocycles. The van der Waals surface area contributed by atoms with E-state index in [-0.39, 0.29) is 11.6 Å². The van der Waals surface area contributed by atoms with Crippen LogP contribution in [0.25, 0.3) is 6.08 Å². The van der Waals surface area contributed by atoms with Crippen molar-refractivity contribution in [3.63, 3.8) is 0 Å². The lowest BCUT2D eigenvalue weighted by Gasteiger charge is -2.08. The van der Waals surface area contributed by atoms with E-state index in [2.05, 4.69) is 0 Å². The van der Waals surface area contributed by atoms with Gasteiger partial charge < -0.3 is 4.74 Å². The maximum absolute atomic E-state index is 13.4. The van der Waals surface area contributed by atoms with E-state index in [1.165, 1.54) is 20.1 Å². The zero-order chi connectivity index (χ0) is 12.8. The summed E-state index contributed by atoms with van der Waals surface area (Å²) >= 11 is 5.64. The molecule has 0 bridgehead atoms. The summed E-state index contributed by atoms with van der Waals surface area (Å²) in [4.78, 5) is 11.1. The van der Waals surface area contributed by atoms with Crippen molar-refractivity contribution < 1.29 is 13.9 Å². The van der Waals surface area contributed by atoms with E-state index < -0.39 is 6.10 Å². The highest BCUT2D eigenvalue weighted by atomic mass is 35.5. The highest BCUT2D eigenvalue weighted by molar-refractivity contribution is 6.30. The van der Waals surface area contributed by atoms with Crippen molar-refractivity contribution in [1.29, 1.82) is 0 Å². The number of carbonyl (C=O) groups is 1. The summed E-state index contributed by atoms with van der Waals surface area (Å²) in [5.41, 5.74) is 0.438. The monoisotopic (exact) mass is 256 g/mol. The van der Waals surface area contributed by atoms with Crippen molar-refractivity contribution in [2.45, 2.75) is 19.4 Å². The fourth-order valence-corrected chi connectivity index (χ4v) is 1.54. The minimum atomic E-state index is -0.471. The molecule has 0 radical (unpaired) electrons. The van der Waals surface area contributed by atoms with Gasteiger partial charge in [-0.05, 0) is 25.5 Å². The van der Waals surface area contributed by atoms with Gasteiger partial charge in [0.05, 0.1) is 0 Å². The third-order valence-electron chi connectivity index (χ3n) is 2.35. The summed E-state index contributed by atoms with van der Waals surface area (Å²) in [5.74, 6) is -0.431. The molecule has 1 rings (SSSR count). The van der Waals surface area contributed by atoms with Gasteiger partial charge in [-0.25, -0.2) is 4.39 Å². The molecule has 0 aliphatic carbocycles. The second-order valence-corrected chi connectivity index (χ2v) is 4.08. The van der Waals surface area contributed by atoms with Crippen LogP contribution in [0.2, 0.25) is 5.02 Å². The van der Waals surface area contributed by atoms with Crippen LogP contribution < -0.4 is 0 Å². The number of ketones is 1. The van der Waals surface area contributed by atoms with Gasteiger partial charge in [0.2, 0.25) is 0 Å². The molecule has 0 aliphatic heterocycles. The normalized spacial score (nSPS) is 12.9. The van der Waals surface area contributed by atoms with E-state index >= 15 is 0 Å². The Labute approximate surface area is 105 Å². The van der Waals surface area contributed by atoms with Crippen LogP contribution in [0.1, 0.15) is 18.9 Å². The van der Waals surface area contributed by atoms with Gasteiger partial charge in [0.25, 0.3) is 0 Å². The van der Waals surface area contributed by atoms with Crippen molar-refractivity contribution in [1.82, 2.24) is 0 Å². The van der Waals surface area contributed by atoms with Crippen molar-refractivity contribution in [2.24, 2.45) is 0 Å². The Morgan fingerprint density at radius 2 is 2.29 bits per heavy atom. The summed E-state index contributed by atoms with van der Waals surface area (Å²) in [6.45, 7) is 1.46. The SMILES string of the molecule is CO[C@H](C/C=C/c1ccc(Cl)cc1F)C(C)=O. The first-order valence-corrected chi connectivity index (χ1v) is 5.57. The van der Waals surface area contributed by atoms with Gasteiger partial charge in [0.15, 0.2) is 5.78 Å². The molecule has 0 fully saturated rings. The second kappa shape index (κ2) is 6.52. The largest absolute Gasteiger partial charge is 0.373 e. The van der Waals surface area contributed by atoms with Crippen LogP contribution in [0.5, 0.6) is 0 Å². The molecule has 0 N–H and O–H groups in total. The molecule has 0 heterocycles. The van der Waals surface area contributed by atoms with Crippen molar-refractivity contribution in [3.8, 4) is 0 Å². The topological polar surface area (TPSA) is 26.3 Å². The van der Waals surface area contributed by atoms with Crippen LogP contribution in [0.3, 0.4) is 0 Å². The molecule has 0 amide bonds. The number of halogens is 2. The summed E-state index contributed by atoms with van der Waals surface area (Å²) in [6, 6.07) is 4.45. The lowest BCUT2D eigenvalue weighted by atomic mass is 10.1. The molecule has 0 saturated heterocycles. The molecule has 1 aromatic rings. The van der Waals surface area contributed by atoms with E-state index in [0.717, 1.165) is 0 Å². The maximum Gasteiger partial charge on any atom is 0.158 e. The summed E-state index contributed by atoms with van der Waals surface area (Å²) < 4.78 is 18.4. The Bertz CT molecular complexity index is 429. The van der Waals surface area contributed by atoms with Crippen molar-refractivity contribution in [3.05, 3.63) is 40.7 Å². The van der Waals surface area contributed by atoms with Gasteiger partial charge in [-0.3, -0.25) is 4.79 Å². The van der Waals surface area contributed by atoms with Gasteiger partial charge >= 0.3 is 0 Å². The second-order valence-electron chi connectivity index (χ2n) is 3.64. The molecule has 0 unspecified atom stereocenters. The minimum absolute atomic E-state index is 0.0475. The van der Waals surface area contributed by atoms with Crippen LogP contribution in [-0.4, -0.2) is 19.0 Å². The zero-order valence-electron chi connectivity index (χ0n) is 9.74. The van der Waals surface area contributed by atoms with Gasteiger partial charge in [-0.2, -0.15) is 0 Å². The Morgan fingerprint density at radius 1 is 1.59 bits per heavy atom. The third-order valence-corrected chi connectivity index (χ3v) is 2.58. The smallest absolute Gasteiger partial charge is 0.158 e. The zero-order valence-corrected chi connectivity index (χ0v) is 10.5. The fraction of sp³-hybridized carbons (Fsp3) is 0.308. The fourth-order valence-electron chi connectivity index (χ4n) is 1.38. The number of Topliss-reactive ketones (excluding diaryl/α,β-unsaturated/α-hetero) is 1. The van der Waals surface area contributed by atoms with Gasteiger partial charge in [0.1, 0.15) is 11.9 Å². The molecule has 1 atom stereocenters. The lowest BCUT2D eigenvalue weighted by Crippen LogP contribution is -2.18. The molecular weight excluding hydrogens is 243 g/mol. The number of hydrogen-bond donors (Lipinski definition) is 0. The third kappa shape index (κ3) is 4.29. The first kappa shape index (κ1) is 13.9. The Balaban J connectivity index is 2.67. The van der Waals surface area contributed by atoms with Gasteiger partial charge in [-0.15, -0.1) is 0 Å². The standard InChI is InChI=1S/C13H14ClFO2/c1-9(16)13(17-2)5-3-4-10-6-7-11(14)8-12(10)15/h3-4,6-8,13H,5H2,1-2H3/b4-3+/t13-/m1/s1. The number of carbonyl (C=O) groups excluding carboxylic acids is 1. The van der Waals surface area contributed by atoms with Crippen LogP contribution in [0.4, 0.5) is 4.39 Å². The molecule has 2 nitrogen and oxygen atoms in total. The van der Waals surface area contributed by atoms with Crippen LogP contribution in [0, 0.1) is 5.82 Å². The molecular formula is C13H14ClFO2. The molecule has 4 heteroatoms. The van der Waals surface area contributed by atoms with E-state index in [9.17, 15) is 9.18 Å². The molecule has 17 heavy (non-hydrogen) atoms. The number of benzene rings is 1. The molecule has 1 aromatic carbocycles. The van der Waals surface area contributed by atoms with Crippen molar-refractivity contribution >= 4 is 23.5 Å². The molecule has 0 aromatic heterocycles. The number of ether oxygens (including phenoxy) is 1. The van der Waals surface area contributed by atoms with E-state index in [1.807, 2.05) is 0 Å². The number of hydrogen-bond acceptors (Lipinski definition) is 2. The van der Waals surface area contributed by atoms with Gasteiger partial charge in [0, 0.05) is 17.7 Å². The first-order valence-electron chi connectivity index (χ1n) is 5.19. The highest BCUT2D eigenvalue weighted by Crippen LogP contribution is 2.16. The first-order chi connectivity index (χ1) is 8.04. The average molecular weight is 257 g/mol. The summed E-state index contributed by atoms with van der Waals surface area (Å²) in [7, 11) is 1.47. The van der Waals surface area contributed by atoms with Crippen LogP contribution in [0.15, 0.2) is 24.3 Å². The minimum Gasteiger partial charge on any atom is -0.373 e. The Morgan fingerprint density at radius 3 is 2.82 bits per heavy atom. The van der Waals surface area contributed by atoms with E-state index in [1.54, 1.807) is 24.3 Å². The van der Waals surface area contributed by atoms with E-state index in [0.29, 0.717) is 17.0 Å².